The van der Waals surface area contributed by atoms with Crippen molar-refractivity contribution in [1.82, 2.24) is 0 Å². The Hall–Kier alpha value is -0.570. The summed E-state index contributed by atoms with van der Waals surface area (Å²) in [6.07, 6.45) is 3.04. The highest BCUT2D eigenvalue weighted by atomic mass is 16.5. The molecule has 0 heterocycles. The zero-order chi connectivity index (χ0) is 11.7. The van der Waals surface area contributed by atoms with Crippen LogP contribution in [0.25, 0.3) is 0 Å². The largest absolute Gasteiger partial charge is 0.465 e. The Morgan fingerprint density at radius 3 is 2.33 bits per heavy atom. The third-order valence-corrected chi connectivity index (χ3v) is 3.52. The van der Waals surface area contributed by atoms with Crippen molar-refractivity contribution in [2.75, 3.05) is 6.61 Å². The van der Waals surface area contributed by atoms with Gasteiger partial charge < -0.3 is 9.84 Å². The number of carbonyl (C=O) groups excluding carboxylic acids is 1. The minimum absolute atomic E-state index is 0.310. The fraction of sp³-hybridized carbons (Fsp3) is 0.917. The Morgan fingerprint density at radius 2 is 1.93 bits per heavy atom. The summed E-state index contributed by atoms with van der Waals surface area (Å²) in [5.74, 6) is 0.282. The second kappa shape index (κ2) is 4.12. The van der Waals surface area contributed by atoms with Crippen LogP contribution in [0, 0.1) is 11.3 Å². The molecule has 0 bridgehead atoms. The molecule has 1 unspecified atom stereocenters. The number of ether oxygens (including phenoxy) is 1. The van der Waals surface area contributed by atoms with Crippen LogP contribution < -0.4 is 0 Å². The minimum atomic E-state index is -0.972. The summed E-state index contributed by atoms with van der Waals surface area (Å²) in [4.78, 5) is 11.7. The van der Waals surface area contributed by atoms with Crippen molar-refractivity contribution in [2.45, 2.75) is 52.6 Å². The average molecular weight is 214 g/mol. The van der Waals surface area contributed by atoms with Crippen molar-refractivity contribution in [3.05, 3.63) is 0 Å². The molecule has 0 aromatic heterocycles. The van der Waals surface area contributed by atoms with Gasteiger partial charge in [0, 0.05) is 0 Å². The number of carbonyl (C=O) groups is 1. The standard InChI is InChI=1S/C12H22O3/c1-5-15-10(13)11(2,3)12(4,14)8-9-6-7-9/h9,14H,5-8H2,1-4H3. The Bertz CT molecular complexity index is 239. The summed E-state index contributed by atoms with van der Waals surface area (Å²) in [7, 11) is 0. The highest BCUT2D eigenvalue weighted by molar-refractivity contribution is 5.77. The smallest absolute Gasteiger partial charge is 0.314 e. The van der Waals surface area contributed by atoms with Gasteiger partial charge in [-0.25, -0.2) is 0 Å². The van der Waals surface area contributed by atoms with Gasteiger partial charge in [-0.1, -0.05) is 12.8 Å². The molecule has 1 rings (SSSR count). The third-order valence-electron chi connectivity index (χ3n) is 3.52. The maximum atomic E-state index is 11.7. The molecule has 0 aliphatic heterocycles. The van der Waals surface area contributed by atoms with Crippen LogP contribution in [0.4, 0.5) is 0 Å². The number of aliphatic hydroxyl groups is 1. The van der Waals surface area contributed by atoms with Crippen LogP contribution in [0.1, 0.15) is 47.0 Å². The number of rotatable bonds is 5. The lowest BCUT2D eigenvalue weighted by Gasteiger charge is -2.38. The fourth-order valence-electron chi connectivity index (χ4n) is 1.67. The number of hydrogen-bond donors (Lipinski definition) is 1. The molecule has 1 saturated carbocycles. The second-order valence-electron chi connectivity index (χ2n) is 5.27. The molecule has 0 amide bonds. The molecule has 3 nitrogen and oxygen atoms in total. The molecule has 88 valence electrons. The molecule has 0 aromatic carbocycles. The van der Waals surface area contributed by atoms with Crippen molar-refractivity contribution in [3.8, 4) is 0 Å². The monoisotopic (exact) mass is 214 g/mol. The molecule has 0 saturated heterocycles. The van der Waals surface area contributed by atoms with Crippen molar-refractivity contribution < 1.29 is 14.6 Å². The van der Waals surface area contributed by atoms with Crippen LogP contribution in [0.5, 0.6) is 0 Å². The molecule has 1 aliphatic carbocycles. The topological polar surface area (TPSA) is 46.5 Å². The lowest BCUT2D eigenvalue weighted by molar-refractivity contribution is -0.170. The van der Waals surface area contributed by atoms with E-state index in [9.17, 15) is 9.90 Å². The molecular weight excluding hydrogens is 192 g/mol. The van der Waals surface area contributed by atoms with Crippen LogP contribution in [0.15, 0.2) is 0 Å². The van der Waals surface area contributed by atoms with E-state index in [-0.39, 0.29) is 5.97 Å². The first kappa shape index (κ1) is 12.5. The molecule has 0 radical (unpaired) electrons. The van der Waals surface area contributed by atoms with E-state index in [2.05, 4.69) is 0 Å². The molecule has 0 aromatic rings. The third kappa shape index (κ3) is 2.71. The predicted molar refractivity (Wildman–Crippen MR) is 58.4 cm³/mol. The van der Waals surface area contributed by atoms with Gasteiger partial charge in [-0.2, -0.15) is 0 Å². The maximum Gasteiger partial charge on any atom is 0.314 e. The van der Waals surface area contributed by atoms with E-state index in [1.807, 2.05) is 0 Å². The van der Waals surface area contributed by atoms with E-state index in [1.165, 1.54) is 12.8 Å². The van der Waals surface area contributed by atoms with Crippen LogP contribution in [0.3, 0.4) is 0 Å². The Kier molecular flexibility index (Phi) is 3.44. The summed E-state index contributed by atoms with van der Waals surface area (Å²) < 4.78 is 5.00. The van der Waals surface area contributed by atoms with Crippen molar-refractivity contribution in [2.24, 2.45) is 11.3 Å². The van der Waals surface area contributed by atoms with E-state index in [0.29, 0.717) is 18.9 Å². The molecule has 1 atom stereocenters. The lowest BCUT2D eigenvalue weighted by Crippen LogP contribution is -2.48. The Balaban J connectivity index is 2.67. The summed E-state index contributed by atoms with van der Waals surface area (Å²) in [5.41, 5.74) is -1.80. The SMILES string of the molecule is CCOC(=O)C(C)(C)C(C)(O)CC1CC1. The average Bonchev–Trinajstić information content (AvgIpc) is 2.87. The van der Waals surface area contributed by atoms with Crippen LogP contribution in [-0.2, 0) is 9.53 Å². The summed E-state index contributed by atoms with van der Waals surface area (Å²) >= 11 is 0. The molecule has 1 fully saturated rings. The van der Waals surface area contributed by atoms with Crippen molar-refractivity contribution >= 4 is 5.97 Å². The van der Waals surface area contributed by atoms with Gasteiger partial charge in [-0.15, -0.1) is 0 Å². The summed E-state index contributed by atoms with van der Waals surface area (Å²) in [6, 6.07) is 0. The van der Waals surface area contributed by atoms with Crippen molar-refractivity contribution in [3.63, 3.8) is 0 Å². The minimum Gasteiger partial charge on any atom is -0.465 e. The Labute approximate surface area is 91.8 Å². The summed E-state index contributed by atoms with van der Waals surface area (Å²) in [6.45, 7) is 7.40. The van der Waals surface area contributed by atoms with E-state index in [0.717, 1.165) is 0 Å². The van der Waals surface area contributed by atoms with Gasteiger partial charge in [0.25, 0.3) is 0 Å². The van der Waals surface area contributed by atoms with Crippen LogP contribution >= 0.6 is 0 Å². The normalized spacial score (nSPS) is 20.9. The van der Waals surface area contributed by atoms with E-state index >= 15 is 0 Å². The van der Waals surface area contributed by atoms with Gasteiger partial charge >= 0.3 is 5.97 Å². The van der Waals surface area contributed by atoms with Gasteiger partial charge in [-0.05, 0) is 40.0 Å². The number of esters is 1. The second-order valence-corrected chi connectivity index (χ2v) is 5.27. The van der Waals surface area contributed by atoms with Gasteiger partial charge in [0.2, 0.25) is 0 Å². The maximum absolute atomic E-state index is 11.7. The highest BCUT2D eigenvalue weighted by Crippen LogP contribution is 2.44. The fourth-order valence-corrected chi connectivity index (χ4v) is 1.67. The molecule has 0 spiro atoms. The van der Waals surface area contributed by atoms with E-state index in [1.54, 1.807) is 27.7 Å². The van der Waals surface area contributed by atoms with E-state index in [4.69, 9.17) is 4.74 Å². The molecular formula is C12H22O3. The first-order valence-electron chi connectivity index (χ1n) is 5.71. The van der Waals surface area contributed by atoms with Crippen molar-refractivity contribution in [1.29, 1.82) is 0 Å². The zero-order valence-electron chi connectivity index (χ0n) is 10.2. The summed E-state index contributed by atoms with van der Waals surface area (Å²) in [5, 5.41) is 10.3. The van der Waals surface area contributed by atoms with Gasteiger partial charge in [0.15, 0.2) is 0 Å². The van der Waals surface area contributed by atoms with Crippen LogP contribution in [0.2, 0.25) is 0 Å². The van der Waals surface area contributed by atoms with Gasteiger partial charge in [-0.3, -0.25) is 4.79 Å². The first-order chi connectivity index (χ1) is 6.81. The predicted octanol–water partition coefficient (Wildman–Crippen LogP) is 2.13. The molecule has 15 heavy (non-hydrogen) atoms. The molecule has 1 N–H and O–H groups in total. The quantitative estimate of drug-likeness (QED) is 0.713. The van der Waals surface area contributed by atoms with Crippen LogP contribution in [-0.4, -0.2) is 23.3 Å². The lowest BCUT2D eigenvalue weighted by atomic mass is 9.73. The zero-order valence-corrected chi connectivity index (χ0v) is 10.2. The first-order valence-corrected chi connectivity index (χ1v) is 5.71. The van der Waals surface area contributed by atoms with Gasteiger partial charge in [0.05, 0.1) is 17.6 Å². The molecule has 3 heteroatoms. The molecule has 1 aliphatic rings. The van der Waals surface area contributed by atoms with E-state index < -0.39 is 11.0 Å². The van der Waals surface area contributed by atoms with Gasteiger partial charge in [0.1, 0.15) is 0 Å². The highest BCUT2D eigenvalue weighted by Gasteiger charge is 2.48. The number of hydrogen-bond acceptors (Lipinski definition) is 3. The Morgan fingerprint density at radius 1 is 1.40 bits per heavy atom.